The molecule has 0 radical (unpaired) electrons. The molecule has 0 bridgehead atoms. The molecule has 3 N–H and O–H groups in total. The monoisotopic (exact) mass is 351 g/mol. The Bertz CT molecular complexity index is 701. The number of carbonyl (C=O) groups is 1. The minimum atomic E-state index is -0.417. The number of halogens is 1. The maximum absolute atomic E-state index is 12.3. The largest absolute Gasteiger partial charge is 0.391 e. The Kier molecular flexibility index (Phi) is 5.93. The van der Waals surface area contributed by atoms with Gasteiger partial charge in [-0.1, -0.05) is 22.9 Å². The van der Waals surface area contributed by atoms with Gasteiger partial charge in [0.05, 0.1) is 17.5 Å². The molecule has 2 aromatic rings. The van der Waals surface area contributed by atoms with E-state index >= 15 is 0 Å². The maximum atomic E-state index is 12.3. The molecule has 0 spiro atoms. The van der Waals surface area contributed by atoms with Gasteiger partial charge in [0.2, 0.25) is 0 Å². The third-order valence-electron chi connectivity index (χ3n) is 4.22. The first-order chi connectivity index (χ1) is 11.1. The van der Waals surface area contributed by atoms with Gasteiger partial charge >= 0.3 is 0 Å². The zero-order valence-corrected chi connectivity index (χ0v) is 14.5. The maximum Gasteiger partial charge on any atom is 0.273 e. The summed E-state index contributed by atoms with van der Waals surface area (Å²) in [5, 5.41) is 23.8. The number of hydrogen-bond donors (Lipinski definition) is 3. The highest BCUT2D eigenvalue weighted by molar-refractivity contribution is 5.93. The molecule has 2 heterocycles. The summed E-state index contributed by atoms with van der Waals surface area (Å²) >= 11 is 0. The molecule has 1 amide bonds. The number of nitrogens with one attached hydrogen (secondary N) is 2. The van der Waals surface area contributed by atoms with Crippen molar-refractivity contribution in [1.82, 2.24) is 25.6 Å². The fourth-order valence-corrected chi connectivity index (χ4v) is 2.71. The van der Waals surface area contributed by atoms with E-state index < -0.39 is 6.10 Å². The Hall–Kier alpha value is -1.96. The summed E-state index contributed by atoms with van der Waals surface area (Å²) in [4.78, 5) is 12.3. The second kappa shape index (κ2) is 7.74. The zero-order valence-electron chi connectivity index (χ0n) is 13.7. The highest BCUT2D eigenvalue weighted by Crippen LogP contribution is 2.13. The van der Waals surface area contributed by atoms with E-state index in [0.717, 1.165) is 11.3 Å². The summed E-state index contributed by atoms with van der Waals surface area (Å²) < 4.78 is 1.65. The summed E-state index contributed by atoms with van der Waals surface area (Å²) in [7, 11) is 0. The van der Waals surface area contributed by atoms with E-state index in [4.69, 9.17) is 0 Å². The lowest BCUT2D eigenvalue weighted by Gasteiger charge is -2.13. The van der Waals surface area contributed by atoms with Gasteiger partial charge in [-0.3, -0.25) is 4.79 Å². The highest BCUT2D eigenvalue weighted by atomic mass is 35.5. The summed E-state index contributed by atoms with van der Waals surface area (Å²) in [6, 6.07) is 7.87. The predicted octanol–water partition coefficient (Wildman–Crippen LogP) is 0.616. The van der Waals surface area contributed by atoms with Crippen LogP contribution in [-0.4, -0.2) is 51.7 Å². The Morgan fingerprint density at radius 1 is 1.33 bits per heavy atom. The lowest BCUT2D eigenvalue weighted by atomic mass is 10.1. The van der Waals surface area contributed by atoms with Gasteiger partial charge < -0.3 is 15.7 Å². The normalized spacial score (nSPS) is 19.8. The fourth-order valence-electron chi connectivity index (χ4n) is 2.71. The van der Waals surface area contributed by atoms with Crippen molar-refractivity contribution in [2.75, 3.05) is 19.6 Å². The van der Waals surface area contributed by atoms with E-state index in [1.54, 1.807) is 4.68 Å². The Balaban J connectivity index is 0.00000208. The number of hydrogen-bond acceptors (Lipinski definition) is 5. The van der Waals surface area contributed by atoms with Crippen LogP contribution in [0.25, 0.3) is 5.69 Å². The number of rotatable bonds is 4. The second-order valence-corrected chi connectivity index (χ2v) is 5.97. The molecule has 0 saturated carbocycles. The van der Waals surface area contributed by atoms with Crippen molar-refractivity contribution in [2.24, 2.45) is 5.92 Å². The number of carbonyl (C=O) groups excluding carboxylic acids is 1. The third-order valence-corrected chi connectivity index (χ3v) is 4.22. The first-order valence-corrected chi connectivity index (χ1v) is 7.72. The number of aromatic nitrogens is 3. The Morgan fingerprint density at radius 3 is 2.67 bits per heavy atom. The molecule has 1 fully saturated rings. The van der Waals surface area contributed by atoms with Crippen molar-refractivity contribution in [3.63, 3.8) is 0 Å². The van der Waals surface area contributed by atoms with Gasteiger partial charge in [-0.15, -0.1) is 17.5 Å². The topological polar surface area (TPSA) is 92.1 Å². The van der Waals surface area contributed by atoms with Crippen LogP contribution in [0.4, 0.5) is 0 Å². The number of aryl methyl sites for hydroxylation is 1. The Labute approximate surface area is 146 Å². The Morgan fingerprint density at radius 2 is 2.04 bits per heavy atom. The molecular weight excluding hydrogens is 330 g/mol. The smallest absolute Gasteiger partial charge is 0.273 e. The van der Waals surface area contributed by atoms with Crippen molar-refractivity contribution in [3.05, 3.63) is 41.2 Å². The number of aliphatic hydroxyl groups excluding tert-OH is 1. The van der Waals surface area contributed by atoms with Crippen LogP contribution >= 0.6 is 12.4 Å². The van der Waals surface area contributed by atoms with Crippen LogP contribution in [0, 0.1) is 19.8 Å². The molecule has 0 aliphatic carbocycles. The number of nitrogens with zero attached hydrogens (tertiary/aromatic N) is 3. The van der Waals surface area contributed by atoms with Gasteiger partial charge in [0, 0.05) is 25.6 Å². The highest BCUT2D eigenvalue weighted by Gasteiger charge is 2.26. The molecule has 1 aliphatic heterocycles. The minimum absolute atomic E-state index is 0. The first kappa shape index (κ1) is 18.4. The lowest BCUT2D eigenvalue weighted by Crippen LogP contribution is -2.34. The van der Waals surface area contributed by atoms with Crippen molar-refractivity contribution in [2.45, 2.75) is 20.0 Å². The van der Waals surface area contributed by atoms with Crippen molar-refractivity contribution in [3.8, 4) is 5.69 Å². The van der Waals surface area contributed by atoms with Gasteiger partial charge in [-0.05, 0) is 26.0 Å². The standard InChI is InChI=1S/C16H21N5O2.ClH/c1-10-3-5-13(6-4-10)21-11(2)15(19-20-21)16(23)18-8-12-7-17-9-14(12)22;/h3-6,12,14,17,22H,7-9H2,1-2H3,(H,18,23);1H. The molecule has 2 unspecified atom stereocenters. The van der Waals surface area contributed by atoms with Gasteiger partial charge in [-0.2, -0.15) is 0 Å². The number of aliphatic hydroxyl groups is 1. The predicted molar refractivity (Wildman–Crippen MR) is 92.8 cm³/mol. The molecule has 24 heavy (non-hydrogen) atoms. The van der Waals surface area contributed by atoms with Crippen LogP contribution in [-0.2, 0) is 0 Å². The molecule has 7 nitrogen and oxygen atoms in total. The first-order valence-electron chi connectivity index (χ1n) is 7.72. The van der Waals surface area contributed by atoms with E-state index in [9.17, 15) is 9.90 Å². The van der Waals surface area contributed by atoms with Crippen LogP contribution in [0.3, 0.4) is 0 Å². The fraction of sp³-hybridized carbons (Fsp3) is 0.438. The number of amides is 1. The molecule has 8 heteroatoms. The van der Waals surface area contributed by atoms with Crippen molar-refractivity contribution in [1.29, 1.82) is 0 Å². The summed E-state index contributed by atoms with van der Waals surface area (Å²) in [5.41, 5.74) is 3.03. The molecule has 2 atom stereocenters. The van der Waals surface area contributed by atoms with Crippen LogP contribution < -0.4 is 10.6 Å². The number of benzene rings is 1. The molecular formula is C16H22ClN5O2. The third kappa shape index (κ3) is 3.75. The molecule has 1 aromatic carbocycles. The molecule has 1 saturated heterocycles. The van der Waals surface area contributed by atoms with Gasteiger partial charge in [0.15, 0.2) is 5.69 Å². The van der Waals surface area contributed by atoms with Crippen molar-refractivity contribution >= 4 is 18.3 Å². The van der Waals surface area contributed by atoms with E-state index in [1.165, 1.54) is 0 Å². The lowest BCUT2D eigenvalue weighted by molar-refractivity contribution is 0.0921. The van der Waals surface area contributed by atoms with Crippen molar-refractivity contribution < 1.29 is 9.90 Å². The van der Waals surface area contributed by atoms with Gasteiger partial charge in [0.1, 0.15) is 0 Å². The molecule has 1 aromatic heterocycles. The van der Waals surface area contributed by atoms with E-state index in [-0.39, 0.29) is 24.2 Å². The van der Waals surface area contributed by atoms with Crippen LogP contribution in [0.2, 0.25) is 0 Å². The SMILES string of the molecule is Cc1ccc(-n2nnc(C(=O)NCC3CNCC3O)c2C)cc1.Cl. The van der Waals surface area contributed by atoms with Gasteiger partial charge in [0.25, 0.3) is 5.91 Å². The van der Waals surface area contributed by atoms with Crippen LogP contribution in [0.1, 0.15) is 21.7 Å². The van der Waals surface area contributed by atoms with Crippen LogP contribution in [0.5, 0.6) is 0 Å². The van der Waals surface area contributed by atoms with Crippen LogP contribution in [0.15, 0.2) is 24.3 Å². The summed E-state index contributed by atoms with van der Waals surface area (Å²) in [6.45, 7) is 5.54. The number of β-amino-alcohol motifs (C(OH)–C–C–N with tert-alkyl or cyclic N) is 1. The molecule has 1 aliphatic rings. The van der Waals surface area contributed by atoms with E-state index in [2.05, 4.69) is 20.9 Å². The average Bonchev–Trinajstić information content (AvgIpc) is 3.12. The summed E-state index contributed by atoms with van der Waals surface area (Å²) in [5.74, 6) is -0.230. The minimum Gasteiger partial charge on any atom is -0.391 e. The summed E-state index contributed by atoms with van der Waals surface area (Å²) in [6.07, 6.45) is -0.417. The van der Waals surface area contributed by atoms with Gasteiger partial charge in [-0.25, -0.2) is 4.68 Å². The molecule has 130 valence electrons. The zero-order chi connectivity index (χ0) is 16.4. The van der Waals surface area contributed by atoms with E-state index in [1.807, 2.05) is 38.1 Å². The average molecular weight is 352 g/mol. The molecule has 3 rings (SSSR count). The quantitative estimate of drug-likeness (QED) is 0.751. The second-order valence-electron chi connectivity index (χ2n) is 5.97. The van der Waals surface area contributed by atoms with E-state index in [0.29, 0.717) is 31.0 Å².